The second-order valence-electron chi connectivity index (χ2n) is 7.09. The van der Waals surface area contributed by atoms with Gasteiger partial charge in [0.1, 0.15) is 5.75 Å². The van der Waals surface area contributed by atoms with Gasteiger partial charge in [0.25, 0.3) is 0 Å². The van der Waals surface area contributed by atoms with Crippen LogP contribution in [0.1, 0.15) is 31.2 Å². The quantitative estimate of drug-likeness (QED) is 0.560. The molecular formula is C18H26I2N2O2. The first-order chi connectivity index (χ1) is 11.6. The molecule has 1 unspecified atom stereocenters. The largest absolute Gasteiger partial charge is 0.507 e. The van der Waals surface area contributed by atoms with Crippen molar-refractivity contribution in [1.29, 1.82) is 0 Å². The molecule has 0 aliphatic carbocycles. The minimum atomic E-state index is 0.333. The number of piperidine rings is 2. The molecule has 2 fully saturated rings. The summed E-state index contributed by atoms with van der Waals surface area (Å²) in [5.41, 5.74) is 1.04. The summed E-state index contributed by atoms with van der Waals surface area (Å²) in [6, 6.07) is 4.78. The van der Waals surface area contributed by atoms with E-state index in [9.17, 15) is 10.2 Å². The molecule has 1 aromatic rings. The van der Waals surface area contributed by atoms with Crippen LogP contribution >= 0.6 is 45.2 Å². The highest BCUT2D eigenvalue weighted by atomic mass is 127. The number of hydrogen-bond acceptors (Lipinski definition) is 4. The van der Waals surface area contributed by atoms with Gasteiger partial charge < -0.3 is 10.2 Å². The van der Waals surface area contributed by atoms with Crippen LogP contribution in [0.3, 0.4) is 0 Å². The molecule has 2 aliphatic rings. The van der Waals surface area contributed by atoms with Crippen molar-refractivity contribution in [1.82, 2.24) is 9.80 Å². The van der Waals surface area contributed by atoms with Gasteiger partial charge in [0, 0.05) is 34.9 Å². The standard InChI is InChI=1S/C18H26I2N2O2/c19-15-8-14(18(24)17(20)9-15)11-21-6-3-16(4-7-21)22-5-1-2-13(10-22)12-23/h8-9,13,16,23-24H,1-7,10-12H2. The zero-order valence-corrected chi connectivity index (χ0v) is 18.2. The fraction of sp³-hybridized carbons (Fsp3) is 0.667. The van der Waals surface area contributed by atoms with Crippen molar-refractivity contribution in [2.45, 2.75) is 38.3 Å². The molecule has 0 spiro atoms. The van der Waals surface area contributed by atoms with Crippen LogP contribution in [0.15, 0.2) is 12.1 Å². The van der Waals surface area contributed by atoms with E-state index in [1.54, 1.807) is 0 Å². The van der Waals surface area contributed by atoms with E-state index in [1.807, 2.05) is 6.07 Å². The molecule has 2 aliphatic heterocycles. The smallest absolute Gasteiger partial charge is 0.133 e. The van der Waals surface area contributed by atoms with Gasteiger partial charge in [0.15, 0.2) is 0 Å². The van der Waals surface area contributed by atoms with Crippen LogP contribution < -0.4 is 0 Å². The van der Waals surface area contributed by atoms with E-state index >= 15 is 0 Å². The van der Waals surface area contributed by atoms with Crippen LogP contribution in [0.5, 0.6) is 5.75 Å². The van der Waals surface area contributed by atoms with Crippen molar-refractivity contribution in [2.24, 2.45) is 5.92 Å². The monoisotopic (exact) mass is 556 g/mol. The maximum absolute atomic E-state index is 10.3. The lowest BCUT2D eigenvalue weighted by Gasteiger charge is -2.42. The Labute approximate surface area is 171 Å². The highest BCUT2D eigenvalue weighted by molar-refractivity contribution is 14.1. The first-order valence-corrected chi connectivity index (χ1v) is 11.0. The van der Waals surface area contributed by atoms with Crippen LogP contribution in [0.25, 0.3) is 0 Å². The third-order valence-corrected chi connectivity index (χ3v) is 6.83. The van der Waals surface area contributed by atoms with Gasteiger partial charge in [-0.2, -0.15) is 0 Å². The molecule has 0 bridgehead atoms. The molecule has 1 atom stereocenters. The van der Waals surface area contributed by atoms with Crippen LogP contribution in [-0.2, 0) is 6.54 Å². The molecule has 2 N–H and O–H groups in total. The van der Waals surface area contributed by atoms with E-state index in [4.69, 9.17) is 0 Å². The highest BCUT2D eigenvalue weighted by Gasteiger charge is 2.28. The number of phenolic OH excluding ortho intramolecular Hbond substituents is 1. The minimum absolute atomic E-state index is 0.333. The van der Waals surface area contributed by atoms with Crippen molar-refractivity contribution in [3.63, 3.8) is 0 Å². The first kappa shape index (κ1) is 19.1. The minimum Gasteiger partial charge on any atom is -0.507 e. The average molecular weight is 556 g/mol. The summed E-state index contributed by atoms with van der Waals surface area (Å²) in [6.45, 7) is 5.61. The van der Waals surface area contributed by atoms with E-state index in [-0.39, 0.29) is 0 Å². The van der Waals surface area contributed by atoms with E-state index in [1.165, 1.54) is 35.8 Å². The number of rotatable bonds is 4. The highest BCUT2D eigenvalue weighted by Crippen LogP contribution is 2.29. The van der Waals surface area contributed by atoms with Crippen molar-refractivity contribution in [3.05, 3.63) is 24.8 Å². The summed E-state index contributed by atoms with van der Waals surface area (Å²) >= 11 is 4.53. The number of aliphatic hydroxyl groups is 1. The normalized spacial score (nSPS) is 24.4. The molecule has 0 aromatic heterocycles. The summed E-state index contributed by atoms with van der Waals surface area (Å²) in [4.78, 5) is 5.07. The van der Waals surface area contributed by atoms with Gasteiger partial charge in [-0.1, -0.05) is 0 Å². The molecule has 0 amide bonds. The number of likely N-dealkylation sites (tertiary alicyclic amines) is 2. The van der Waals surface area contributed by atoms with E-state index in [2.05, 4.69) is 61.0 Å². The summed E-state index contributed by atoms with van der Waals surface area (Å²) < 4.78 is 2.12. The summed E-state index contributed by atoms with van der Waals surface area (Å²) in [6.07, 6.45) is 4.79. The average Bonchev–Trinajstić information content (AvgIpc) is 2.60. The molecular weight excluding hydrogens is 530 g/mol. The number of nitrogens with zero attached hydrogens (tertiary/aromatic N) is 2. The Hall–Kier alpha value is 0.360. The van der Waals surface area contributed by atoms with Crippen molar-refractivity contribution >= 4 is 45.2 Å². The van der Waals surface area contributed by atoms with Gasteiger partial charge in [-0.05, 0) is 109 Å². The molecule has 6 heteroatoms. The van der Waals surface area contributed by atoms with E-state index in [0.717, 1.165) is 35.3 Å². The van der Waals surface area contributed by atoms with E-state index in [0.29, 0.717) is 24.3 Å². The van der Waals surface area contributed by atoms with Crippen LogP contribution in [0.2, 0.25) is 0 Å². The molecule has 24 heavy (non-hydrogen) atoms. The molecule has 1 aromatic carbocycles. The number of benzene rings is 1. The Morgan fingerprint density at radius 3 is 2.54 bits per heavy atom. The maximum Gasteiger partial charge on any atom is 0.133 e. The third kappa shape index (κ3) is 4.75. The maximum atomic E-state index is 10.3. The SMILES string of the molecule is OCC1CCCN(C2CCN(Cc3cc(I)cc(I)c3O)CC2)C1. The fourth-order valence-corrected chi connectivity index (χ4v) is 5.97. The second-order valence-corrected chi connectivity index (χ2v) is 9.50. The lowest BCUT2D eigenvalue weighted by Crippen LogP contribution is -2.48. The summed E-state index contributed by atoms with van der Waals surface area (Å²) in [5.74, 6) is 0.919. The molecule has 0 saturated carbocycles. The van der Waals surface area contributed by atoms with Crippen LogP contribution in [0.4, 0.5) is 0 Å². The van der Waals surface area contributed by atoms with Gasteiger partial charge in [0.2, 0.25) is 0 Å². The topological polar surface area (TPSA) is 46.9 Å². The number of aliphatic hydroxyl groups excluding tert-OH is 1. The number of aromatic hydroxyl groups is 1. The molecule has 3 rings (SSSR count). The van der Waals surface area contributed by atoms with Crippen molar-refractivity contribution < 1.29 is 10.2 Å². The third-order valence-electron chi connectivity index (χ3n) is 5.38. The number of phenols is 1. The predicted molar refractivity (Wildman–Crippen MR) is 113 cm³/mol. The predicted octanol–water partition coefficient (Wildman–Crippen LogP) is 3.27. The van der Waals surface area contributed by atoms with Gasteiger partial charge in [-0.25, -0.2) is 0 Å². The number of hydrogen-bond donors (Lipinski definition) is 2. The lowest BCUT2D eigenvalue weighted by molar-refractivity contribution is 0.0525. The Bertz CT molecular complexity index is 562. The van der Waals surface area contributed by atoms with Crippen molar-refractivity contribution in [2.75, 3.05) is 32.8 Å². The lowest BCUT2D eigenvalue weighted by atomic mass is 9.94. The van der Waals surface area contributed by atoms with Crippen molar-refractivity contribution in [3.8, 4) is 5.75 Å². The summed E-state index contributed by atoms with van der Waals surface area (Å²) in [5, 5.41) is 19.7. The Balaban J connectivity index is 1.54. The van der Waals surface area contributed by atoms with Gasteiger partial charge in [-0.3, -0.25) is 9.80 Å². The molecule has 2 heterocycles. The Kier molecular flexibility index (Phi) is 7.04. The second kappa shape index (κ2) is 8.83. The fourth-order valence-electron chi connectivity index (χ4n) is 4.00. The van der Waals surface area contributed by atoms with Gasteiger partial charge in [0.05, 0.1) is 3.57 Å². The zero-order chi connectivity index (χ0) is 17.1. The Morgan fingerprint density at radius 1 is 1.08 bits per heavy atom. The number of halogens is 2. The Morgan fingerprint density at radius 2 is 1.83 bits per heavy atom. The van der Waals surface area contributed by atoms with Gasteiger partial charge >= 0.3 is 0 Å². The molecule has 4 nitrogen and oxygen atoms in total. The van der Waals surface area contributed by atoms with E-state index < -0.39 is 0 Å². The zero-order valence-electron chi connectivity index (χ0n) is 13.9. The first-order valence-electron chi connectivity index (χ1n) is 8.81. The van der Waals surface area contributed by atoms with Crippen LogP contribution in [-0.4, -0.2) is 58.8 Å². The molecule has 0 radical (unpaired) electrons. The molecule has 134 valence electrons. The summed E-state index contributed by atoms with van der Waals surface area (Å²) in [7, 11) is 0. The van der Waals surface area contributed by atoms with Crippen LogP contribution in [0, 0.1) is 13.1 Å². The van der Waals surface area contributed by atoms with Gasteiger partial charge in [-0.15, -0.1) is 0 Å². The molecule has 2 saturated heterocycles.